The van der Waals surface area contributed by atoms with Gasteiger partial charge in [-0.3, -0.25) is 0 Å². The van der Waals surface area contributed by atoms with Crippen LogP contribution in [0.3, 0.4) is 0 Å². The van der Waals surface area contributed by atoms with Crippen LogP contribution in [0.25, 0.3) is 0 Å². The maximum absolute atomic E-state index is 13.7. The number of rotatable bonds is 31. The third-order valence-electron chi connectivity index (χ3n) is 10.3. The smallest absolute Gasteiger partial charge is 0.420 e. The molecule has 8 nitrogen and oxygen atoms in total. The summed E-state index contributed by atoms with van der Waals surface area (Å²) in [4.78, 5) is 13.7. The van der Waals surface area contributed by atoms with Gasteiger partial charge in [-0.1, -0.05) is 155 Å². The molecule has 6 atom stereocenters. The first kappa shape index (κ1) is 44.3. The molecule has 0 aromatic rings. The Hall–Kier alpha value is -0.770. The lowest BCUT2D eigenvalue weighted by Gasteiger charge is -2.48. The number of carbonyl (C=O) groups excluding carboxylic acids is 1. The molecule has 4 N–H and O–H groups in total. The second kappa shape index (κ2) is 29.0. The van der Waals surface area contributed by atoms with Crippen molar-refractivity contribution in [1.82, 2.24) is 0 Å². The highest BCUT2D eigenvalue weighted by molar-refractivity contribution is 5.60. The minimum atomic E-state index is -1.52. The van der Waals surface area contributed by atoms with E-state index in [-0.39, 0.29) is 11.1 Å². The van der Waals surface area contributed by atoms with E-state index >= 15 is 0 Å². The Labute approximate surface area is 289 Å². The van der Waals surface area contributed by atoms with Crippen LogP contribution < -0.4 is 0 Å². The van der Waals surface area contributed by atoms with Gasteiger partial charge < -0.3 is 29.9 Å². The zero-order chi connectivity index (χ0) is 34.6. The SMILES string of the molecule is CCCCCCCCCCCCCCCCCC[N+](CCCCCCCCCCCC)(C(=O)OCC)C1O[C@H](CO)[C@@H](O)[C@H](O)[C@H]1O. The molecule has 0 aromatic carbocycles. The molecule has 1 rings (SSSR count). The predicted molar refractivity (Wildman–Crippen MR) is 192 cm³/mol. The molecule has 47 heavy (non-hydrogen) atoms. The summed E-state index contributed by atoms with van der Waals surface area (Å²) in [5.41, 5.74) is 0. The summed E-state index contributed by atoms with van der Waals surface area (Å²) < 4.78 is 11.4. The van der Waals surface area contributed by atoms with Crippen molar-refractivity contribution in [2.24, 2.45) is 0 Å². The number of nitrogens with zero attached hydrogens (tertiary/aromatic N) is 1. The van der Waals surface area contributed by atoms with Gasteiger partial charge in [-0.15, -0.1) is 0 Å². The number of aliphatic hydroxyl groups excluding tert-OH is 4. The van der Waals surface area contributed by atoms with Crippen LogP contribution in [0.4, 0.5) is 4.79 Å². The summed E-state index contributed by atoms with van der Waals surface area (Å²) in [6, 6.07) is 0. The Kier molecular flexibility index (Phi) is 27.3. The highest BCUT2D eigenvalue weighted by Crippen LogP contribution is 2.32. The van der Waals surface area contributed by atoms with Gasteiger partial charge in [-0.2, -0.15) is 9.28 Å². The molecule has 0 aliphatic carbocycles. The van der Waals surface area contributed by atoms with Crippen molar-refractivity contribution in [3.05, 3.63) is 0 Å². The number of hydrogen-bond donors (Lipinski definition) is 4. The predicted octanol–water partition coefficient (Wildman–Crippen LogP) is 8.94. The molecule has 1 heterocycles. The van der Waals surface area contributed by atoms with Crippen LogP contribution in [-0.2, 0) is 9.47 Å². The van der Waals surface area contributed by atoms with Crippen LogP contribution in [0.5, 0.6) is 0 Å². The van der Waals surface area contributed by atoms with Crippen molar-refractivity contribution in [2.45, 2.75) is 218 Å². The van der Waals surface area contributed by atoms with Crippen molar-refractivity contribution in [3.8, 4) is 0 Å². The zero-order valence-electron chi connectivity index (χ0n) is 31.1. The van der Waals surface area contributed by atoms with E-state index in [1.807, 2.05) is 0 Å². The van der Waals surface area contributed by atoms with Crippen LogP contribution in [0.15, 0.2) is 0 Å². The van der Waals surface area contributed by atoms with E-state index in [2.05, 4.69) is 13.8 Å². The van der Waals surface area contributed by atoms with Gasteiger partial charge in [-0.05, 0) is 32.6 Å². The fourth-order valence-corrected chi connectivity index (χ4v) is 7.22. The Morgan fingerprint density at radius 1 is 0.532 bits per heavy atom. The molecule has 0 spiro atoms. The third kappa shape index (κ3) is 18.2. The maximum atomic E-state index is 13.7. The second-order valence-corrected chi connectivity index (χ2v) is 14.4. The van der Waals surface area contributed by atoms with Gasteiger partial charge in [0.1, 0.15) is 18.3 Å². The summed E-state index contributed by atoms with van der Waals surface area (Å²) in [5, 5.41) is 42.1. The van der Waals surface area contributed by atoms with E-state index in [1.54, 1.807) is 6.92 Å². The summed E-state index contributed by atoms with van der Waals surface area (Å²) in [5.74, 6) is 0. The number of ether oxygens (including phenoxy) is 2. The van der Waals surface area contributed by atoms with Crippen LogP contribution in [-0.4, -0.2) is 87.9 Å². The van der Waals surface area contributed by atoms with E-state index in [0.717, 1.165) is 38.5 Å². The molecule has 1 aliphatic rings. The number of aliphatic hydroxyl groups is 4. The fourth-order valence-electron chi connectivity index (χ4n) is 7.22. The molecule has 0 bridgehead atoms. The van der Waals surface area contributed by atoms with E-state index in [1.165, 1.54) is 128 Å². The van der Waals surface area contributed by atoms with Gasteiger partial charge in [-0.25, -0.2) is 0 Å². The van der Waals surface area contributed by atoms with Gasteiger partial charge in [0.15, 0.2) is 6.10 Å². The Bertz CT molecular complexity index is 723. The molecule has 280 valence electrons. The monoisotopic (exact) mass is 673 g/mol. The Morgan fingerprint density at radius 2 is 0.872 bits per heavy atom. The molecule has 1 amide bonds. The standard InChI is InChI=1S/C39H78NO7/c1-4-7-9-11-13-15-17-18-19-20-21-22-24-26-28-30-32-40(39(45)46-6-3,31-29-27-25-23-16-14-12-10-8-5-2)38-37(44)36(43)35(42)34(33-41)47-38/h34-38,41-44H,4-33H2,1-3H3/q+1/t34-,35-,36+,37-,38?,40?/m1/s1. The normalized spacial score (nSPS) is 22.7. The average Bonchev–Trinajstić information content (AvgIpc) is 3.07. The topological polar surface area (TPSA) is 116 Å². The van der Waals surface area contributed by atoms with Crippen LogP contribution in [0, 0.1) is 0 Å². The molecular weight excluding hydrogens is 594 g/mol. The lowest BCUT2D eigenvalue weighted by Crippen LogP contribution is -2.72. The van der Waals surface area contributed by atoms with Gasteiger partial charge in [0, 0.05) is 0 Å². The summed E-state index contributed by atoms with van der Waals surface area (Å²) in [6.45, 7) is 6.82. The van der Waals surface area contributed by atoms with E-state index in [0.29, 0.717) is 13.1 Å². The molecule has 1 fully saturated rings. The highest BCUT2D eigenvalue weighted by atomic mass is 16.6. The van der Waals surface area contributed by atoms with E-state index < -0.39 is 43.3 Å². The van der Waals surface area contributed by atoms with Gasteiger partial charge in [0.25, 0.3) is 0 Å². The summed E-state index contributed by atoms with van der Waals surface area (Å²) in [7, 11) is 0. The number of hydrogen-bond acceptors (Lipinski definition) is 7. The van der Waals surface area contributed by atoms with Crippen LogP contribution in [0.2, 0.25) is 0 Å². The van der Waals surface area contributed by atoms with Crippen molar-refractivity contribution in [3.63, 3.8) is 0 Å². The average molecular weight is 673 g/mol. The third-order valence-corrected chi connectivity index (χ3v) is 10.3. The van der Waals surface area contributed by atoms with E-state index in [9.17, 15) is 25.2 Å². The zero-order valence-corrected chi connectivity index (χ0v) is 31.1. The first-order chi connectivity index (χ1) is 22.9. The maximum Gasteiger partial charge on any atom is 0.518 e. The number of amides is 1. The van der Waals surface area contributed by atoms with Crippen LogP contribution >= 0.6 is 0 Å². The quantitative estimate of drug-likeness (QED) is 0.0429. The number of carbonyl (C=O) groups is 1. The molecule has 8 heteroatoms. The Balaban J connectivity index is 2.62. The molecule has 1 saturated heterocycles. The molecule has 0 radical (unpaired) electrons. The van der Waals surface area contributed by atoms with Gasteiger partial charge >= 0.3 is 6.09 Å². The molecule has 2 unspecified atom stereocenters. The number of unbranched alkanes of at least 4 members (excludes halogenated alkanes) is 24. The van der Waals surface area contributed by atoms with Crippen molar-refractivity contribution < 1.29 is 39.2 Å². The minimum Gasteiger partial charge on any atom is -0.420 e. The van der Waals surface area contributed by atoms with E-state index in [4.69, 9.17) is 9.47 Å². The van der Waals surface area contributed by atoms with Crippen LogP contribution in [0.1, 0.15) is 188 Å². The second-order valence-electron chi connectivity index (χ2n) is 14.4. The fraction of sp³-hybridized carbons (Fsp3) is 0.974. The molecular formula is C39H78NO7+. The molecule has 1 aliphatic heterocycles. The lowest BCUT2D eigenvalue weighted by atomic mass is 9.96. The largest absolute Gasteiger partial charge is 0.518 e. The van der Waals surface area contributed by atoms with Gasteiger partial charge in [0.2, 0.25) is 6.23 Å². The minimum absolute atomic E-state index is 0.202. The highest BCUT2D eigenvalue weighted by Gasteiger charge is 2.57. The summed E-state index contributed by atoms with van der Waals surface area (Å²) >= 11 is 0. The Morgan fingerprint density at radius 3 is 1.19 bits per heavy atom. The van der Waals surface area contributed by atoms with Crippen molar-refractivity contribution in [1.29, 1.82) is 0 Å². The number of quaternary nitrogens is 1. The van der Waals surface area contributed by atoms with Gasteiger partial charge in [0.05, 0.1) is 26.3 Å². The first-order valence-electron chi connectivity index (χ1n) is 20.2. The lowest BCUT2D eigenvalue weighted by molar-refractivity contribution is -0.915. The molecule has 0 aromatic heterocycles. The molecule has 0 saturated carbocycles. The first-order valence-corrected chi connectivity index (χ1v) is 20.2. The van der Waals surface area contributed by atoms with Crippen molar-refractivity contribution in [2.75, 3.05) is 26.3 Å². The summed E-state index contributed by atoms with van der Waals surface area (Å²) in [6.07, 6.45) is 24.8. The van der Waals surface area contributed by atoms with Crippen molar-refractivity contribution >= 4 is 6.09 Å².